The lowest BCUT2D eigenvalue weighted by molar-refractivity contribution is -0.754. The Balaban J connectivity index is 0.000000665. The topological polar surface area (TPSA) is 194 Å². The summed E-state index contributed by atoms with van der Waals surface area (Å²) in [5.74, 6) is -1.65. The number of nitrogens with two attached hydrogens (primary N) is 1. The third-order valence-electron chi connectivity index (χ3n) is 6.22. The summed E-state index contributed by atoms with van der Waals surface area (Å²) in [5.41, 5.74) is 1.28. The molecule has 3 aromatic rings. The Morgan fingerprint density at radius 2 is 1.55 bits per heavy atom. The van der Waals surface area contributed by atoms with Crippen LogP contribution in [-0.2, 0) is 38.1 Å². The molecule has 14 nitrogen and oxygen atoms in total. The summed E-state index contributed by atoms with van der Waals surface area (Å²) in [7, 11) is -4.22. The minimum atomic E-state index is -6.09. The Kier molecular flexibility index (Phi) is 11.5. The second kappa shape index (κ2) is 14.6. The molecule has 1 aliphatic rings. The van der Waals surface area contributed by atoms with Crippen molar-refractivity contribution in [1.29, 1.82) is 0 Å². The van der Waals surface area contributed by atoms with Gasteiger partial charge in [-0.15, -0.1) is 9.75 Å². The molecular weight excluding hydrogens is 653 g/mol. The Labute approximate surface area is 267 Å². The molecule has 2 amide bonds. The number of aryl methyl sites for hydroxylation is 1. The quantitative estimate of drug-likeness (QED) is 0.104. The summed E-state index contributed by atoms with van der Waals surface area (Å²) in [6, 6.07) is 13.5. The lowest BCUT2D eigenvalue weighted by Gasteiger charge is -2.26. The van der Waals surface area contributed by atoms with E-state index in [2.05, 4.69) is 0 Å². The fourth-order valence-electron chi connectivity index (χ4n) is 4.00. The van der Waals surface area contributed by atoms with Gasteiger partial charge < -0.3 is 24.9 Å². The highest BCUT2D eigenvalue weighted by Gasteiger charge is 2.41. The molecule has 0 bridgehead atoms. The van der Waals surface area contributed by atoms with Crippen LogP contribution in [0.3, 0.4) is 0 Å². The summed E-state index contributed by atoms with van der Waals surface area (Å²) < 4.78 is 73.9. The van der Waals surface area contributed by atoms with Gasteiger partial charge in [0, 0.05) is 6.54 Å². The van der Waals surface area contributed by atoms with Crippen molar-refractivity contribution in [1.82, 2.24) is 9.75 Å². The second-order valence-electron chi connectivity index (χ2n) is 11.1. The number of amides is 2. The number of halogens is 3. The summed E-state index contributed by atoms with van der Waals surface area (Å²) >= 11 is 0. The Hall–Kier alpha value is -4.36. The number of ether oxygens (including phenoxy) is 2. The van der Waals surface area contributed by atoms with Gasteiger partial charge in [-0.25, -0.2) is 18.0 Å². The molecule has 0 saturated heterocycles. The average Bonchev–Trinajstić information content (AvgIpc) is 3.45. The van der Waals surface area contributed by atoms with Gasteiger partial charge in [-0.1, -0.05) is 24.3 Å². The molecule has 0 fully saturated rings. The molecule has 4 rings (SSSR count). The van der Waals surface area contributed by atoms with Crippen molar-refractivity contribution in [3.63, 3.8) is 0 Å². The lowest BCUT2D eigenvalue weighted by atomic mass is 10.1. The van der Waals surface area contributed by atoms with Gasteiger partial charge in [0.2, 0.25) is 12.3 Å². The van der Waals surface area contributed by atoms with Crippen LogP contribution < -0.4 is 15.2 Å². The standard InChI is InChI=1S/C28H33N4O7.CHF3O3S/c1-28(2,3)38-27(36)24(39-32-25(34)22-7-5-6-8-23(22)26(32)35)17-37-21-11-9-18(10-12-21)19-14-30(4)31(15-19)16-20(33)13-29;2-1(3,4)8(5,6)7/h5-12,14-15,20,24,33H,13,16-17,29H2,1-4H3;(H,5,6,7)/q+1;/p-1/t20?,24-;/m0./s1. The molecule has 0 saturated carbocycles. The van der Waals surface area contributed by atoms with Crippen LogP contribution in [0.1, 0.15) is 41.5 Å². The average molecular weight is 687 g/mol. The van der Waals surface area contributed by atoms with Gasteiger partial charge in [0.25, 0.3) is 11.8 Å². The number of rotatable bonds is 10. The molecule has 1 aromatic heterocycles. The van der Waals surface area contributed by atoms with E-state index < -0.39 is 51.2 Å². The number of carbonyl (C=O) groups excluding carboxylic acids is 3. The molecule has 2 heterocycles. The smallest absolute Gasteiger partial charge is 0.485 e. The van der Waals surface area contributed by atoms with Crippen molar-refractivity contribution in [2.75, 3.05) is 13.2 Å². The van der Waals surface area contributed by atoms with Gasteiger partial charge in [-0.05, 0) is 50.6 Å². The molecule has 1 unspecified atom stereocenters. The molecular formula is C29H33F3N4O10S. The lowest BCUT2D eigenvalue weighted by Crippen LogP contribution is -2.43. The monoisotopic (exact) mass is 686 g/mol. The summed E-state index contributed by atoms with van der Waals surface area (Å²) in [4.78, 5) is 44.0. The molecule has 0 aliphatic carbocycles. The van der Waals surface area contributed by atoms with E-state index in [-0.39, 0.29) is 24.3 Å². The van der Waals surface area contributed by atoms with Gasteiger partial charge >= 0.3 is 11.5 Å². The first-order valence-corrected chi connectivity index (χ1v) is 15.2. The maximum Gasteiger partial charge on any atom is 0.485 e. The van der Waals surface area contributed by atoms with E-state index in [4.69, 9.17) is 33.0 Å². The molecule has 3 N–H and O–H groups in total. The minimum Gasteiger partial charge on any atom is -0.741 e. The SMILES string of the molecule is C[n+]1cc(-c2ccc(OC[C@H](ON3C(=O)c4ccccc4C3=O)C(=O)OC(C)(C)C)cc2)cn1CC(O)CN.O=S(=O)([O-])C(F)(F)F. The summed E-state index contributed by atoms with van der Waals surface area (Å²) in [6.07, 6.45) is 1.80. The predicted octanol–water partition coefficient (Wildman–Crippen LogP) is 1.67. The number of hydrogen-bond donors (Lipinski definition) is 2. The summed E-state index contributed by atoms with van der Waals surface area (Å²) in [6.45, 7) is 5.34. The third kappa shape index (κ3) is 9.82. The largest absolute Gasteiger partial charge is 0.741 e. The van der Waals surface area contributed by atoms with Crippen LogP contribution in [0, 0.1) is 0 Å². The Bertz CT molecular complexity index is 1670. The Morgan fingerprint density at radius 1 is 1.02 bits per heavy atom. The van der Waals surface area contributed by atoms with E-state index in [1.165, 1.54) is 12.1 Å². The zero-order valence-corrected chi connectivity index (χ0v) is 26.4. The fourth-order valence-corrected chi connectivity index (χ4v) is 4.00. The summed E-state index contributed by atoms with van der Waals surface area (Å²) in [5, 5.41) is 10.4. The highest BCUT2D eigenvalue weighted by molar-refractivity contribution is 7.86. The molecule has 18 heteroatoms. The van der Waals surface area contributed by atoms with Gasteiger partial charge in [-0.3, -0.25) is 9.59 Å². The number of hydroxylamine groups is 2. The van der Waals surface area contributed by atoms with Gasteiger partial charge in [0.15, 0.2) is 17.2 Å². The van der Waals surface area contributed by atoms with Crippen LogP contribution in [-0.4, -0.2) is 82.1 Å². The van der Waals surface area contributed by atoms with E-state index in [0.29, 0.717) is 17.4 Å². The van der Waals surface area contributed by atoms with E-state index in [1.807, 2.05) is 40.9 Å². The van der Waals surface area contributed by atoms with Gasteiger partial charge in [-0.2, -0.15) is 17.9 Å². The number of aliphatic hydroxyl groups is 1. The number of benzene rings is 2. The number of nitrogens with zero attached hydrogens (tertiary/aromatic N) is 3. The highest BCUT2D eigenvalue weighted by atomic mass is 32.2. The van der Waals surface area contributed by atoms with Crippen molar-refractivity contribution in [2.24, 2.45) is 12.8 Å². The van der Waals surface area contributed by atoms with Crippen LogP contribution in [0.25, 0.3) is 11.1 Å². The predicted molar refractivity (Wildman–Crippen MR) is 155 cm³/mol. The first kappa shape index (κ1) is 37.1. The normalized spacial score (nSPS) is 14.6. The Morgan fingerprint density at radius 3 is 2.02 bits per heavy atom. The van der Waals surface area contributed by atoms with Gasteiger partial charge in [0.1, 0.15) is 24.5 Å². The number of aliphatic hydroxyl groups excluding tert-OH is 1. The maximum atomic E-state index is 12.9. The number of alkyl halides is 3. The molecule has 2 aromatic carbocycles. The van der Waals surface area contributed by atoms with E-state index in [0.717, 1.165) is 11.1 Å². The molecule has 0 radical (unpaired) electrons. The molecule has 2 atom stereocenters. The number of imide groups is 1. The number of aromatic nitrogens is 2. The van der Waals surface area contributed by atoms with E-state index in [9.17, 15) is 32.7 Å². The number of esters is 1. The zero-order valence-electron chi connectivity index (χ0n) is 25.6. The molecule has 1 aliphatic heterocycles. The maximum absolute atomic E-state index is 12.9. The van der Waals surface area contributed by atoms with Crippen molar-refractivity contribution >= 4 is 27.9 Å². The number of hydrogen-bond acceptors (Lipinski definition) is 11. The third-order valence-corrected chi connectivity index (χ3v) is 6.79. The van der Waals surface area contributed by atoms with E-state index >= 15 is 0 Å². The van der Waals surface area contributed by atoms with Crippen LogP contribution in [0.5, 0.6) is 5.75 Å². The molecule has 47 heavy (non-hydrogen) atoms. The number of fused-ring (bicyclic) bond motifs is 1. The van der Waals surface area contributed by atoms with Crippen LogP contribution in [0.4, 0.5) is 13.2 Å². The number of carbonyl (C=O) groups is 3. The second-order valence-corrected chi connectivity index (χ2v) is 12.5. The van der Waals surface area contributed by atoms with Crippen molar-refractivity contribution in [3.05, 3.63) is 72.1 Å². The minimum absolute atomic E-state index is 0.167. The van der Waals surface area contributed by atoms with Crippen molar-refractivity contribution in [3.8, 4) is 16.9 Å². The van der Waals surface area contributed by atoms with Crippen LogP contribution in [0.2, 0.25) is 0 Å². The van der Waals surface area contributed by atoms with E-state index in [1.54, 1.807) is 45.0 Å². The first-order chi connectivity index (χ1) is 21.7. The molecule has 0 spiro atoms. The zero-order chi connectivity index (χ0) is 35.3. The first-order valence-electron chi connectivity index (χ1n) is 13.8. The van der Waals surface area contributed by atoms with Gasteiger partial charge in [0.05, 0.1) is 29.0 Å². The fraction of sp³-hybridized carbons (Fsp3) is 0.379. The van der Waals surface area contributed by atoms with Crippen molar-refractivity contribution in [2.45, 2.75) is 50.6 Å². The highest BCUT2D eigenvalue weighted by Crippen LogP contribution is 2.26. The van der Waals surface area contributed by atoms with Crippen LogP contribution in [0.15, 0.2) is 60.9 Å². The molecule has 256 valence electrons. The van der Waals surface area contributed by atoms with Crippen molar-refractivity contribution < 1.29 is 64.6 Å². The van der Waals surface area contributed by atoms with Crippen LogP contribution >= 0.6 is 0 Å².